The second kappa shape index (κ2) is 9.42. The van der Waals surface area contributed by atoms with Gasteiger partial charge in [0.1, 0.15) is 0 Å². The average molecular weight is 404 g/mol. The van der Waals surface area contributed by atoms with Crippen molar-refractivity contribution in [2.24, 2.45) is 0 Å². The van der Waals surface area contributed by atoms with Gasteiger partial charge in [-0.1, -0.05) is 30.9 Å². The van der Waals surface area contributed by atoms with Crippen molar-refractivity contribution in [2.75, 3.05) is 26.2 Å². The first-order valence-electron chi connectivity index (χ1n) is 10.9. The van der Waals surface area contributed by atoms with E-state index in [0.717, 1.165) is 43.6 Å². The minimum atomic E-state index is 0.124. The van der Waals surface area contributed by atoms with Crippen molar-refractivity contribution in [3.05, 3.63) is 65.5 Å². The van der Waals surface area contributed by atoms with Crippen LogP contribution in [0.5, 0.6) is 0 Å². The largest absolute Gasteiger partial charge is 0.395 e. The molecule has 0 aliphatic carbocycles. The first kappa shape index (κ1) is 20.6. The lowest BCUT2D eigenvalue weighted by atomic mass is 9.74. The molecule has 30 heavy (non-hydrogen) atoms. The van der Waals surface area contributed by atoms with Gasteiger partial charge in [0.25, 0.3) is 0 Å². The van der Waals surface area contributed by atoms with Crippen LogP contribution in [0.4, 0.5) is 0 Å². The van der Waals surface area contributed by atoms with E-state index in [9.17, 15) is 9.90 Å². The number of aliphatic hydroxyl groups excluding tert-OH is 1. The number of carbonyl (C=O) groups is 1. The Kier molecular flexibility index (Phi) is 6.47. The zero-order valence-corrected chi connectivity index (χ0v) is 17.5. The summed E-state index contributed by atoms with van der Waals surface area (Å²) in [6.45, 7) is 4.66. The highest BCUT2D eigenvalue weighted by atomic mass is 16.3. The standard InChI is InChI=1S/C25H29N3O2/c1-2-24(30)27-14-3-4-15-28-22(17-27)25(23(28)18-29)21-11-9-19(10-12-21)7-8-20-6-5-13-26-16-20/h5-6,9-13,16,22-23,25,29H,2-4,14-15,17-18H2,1H3/t22-,23+,25+/m0/s1. The number of pyridine rings is 1. The molecule has 3 heterocycles. The number of rotatable bonds is 3. The van der Waals surface area contributed by atoms with E-state index in [2.05, 4.69) is 33.9 Å². The van der Waals surface area contributed by atoms with Gasteiger partial charge in [0.15, 0.2) is 0 Å². The molecule has 1 aromatic carbocycles. The molecule has 1 amide bonds. The Hall–Kier alpha value is -2.68. The Morgan fingerprint density at radius 3 is 2.60 bits per heavy atom. The lowest BCUT2D eigenvalue weighted by Crippen LogP contribution is -2.67. The Morgan fingerprint density at radius 2 is 1.90 bits per heavy atom. The monoisotopic (exact) mass is 403 g/mol. The molecule has 5 nitrogen and oxygen atoms in total. The first-order valence-corrected chi connectivity index (χ1v) is 10.9. The molecule has 5 heteroatoms. The van der Waals surface area contributed by atoms with E-state index < -0.39 is 0 Å². The zero-order chi connectivity index (χ0) is 20.9. The number of hydrogen-bond donors (Lipinski definition) is 1. The van der Waals surface area contributed by atoms with E-state index in [1.54, 1.807) is 12.4 Å². The molecule has 156 valence electrons. The van der Waals surface area contributed by atoms with Crippen LogP contribution in [-0.4, -0.2) is 64.1 Å². The topological polar surface area (TPSA) is 56.7 Å². The molecule has 0 bridgehead atoms. The van der Waals surface area contributed by atoms with Crippen molar-refractivity contribution in [1.82, 2.24) is 14.8 Å². The summed E-state index contributed by atoms with van der Waals surface area (Å²) in [6.07, 6.45) is 6.14. The van der Waals surface area contributed by atoms with Gasteiger partial charge in [-0.2, -0.15) is 0 Å². The van der Waals surface area contributed by atoms with Crippen LogP contribution in [0.1, 0.15) is 48.8 Å². The summed E-state index contributed by atoms with van der Waals surface area (Å²) in [4.78, 5) is 20.9. The highest BCUT2D eigenvalue weighted by Crippen LogP contribution is 2.42. The molecule has 0 unspecified atom stereocenters. The summed E-state index contributed by atoms with van der Waals surface area (Å²) >= 11 is 0. The van der Waals surface area contributed by atoms with Crippen molar-refractivity contribution in [3.63, 3.8) is 0 Å². The van der Waals surface area contributed by atoms with Crippen molar-refractivity contribution in [2.45, 2.75) is 44.2 Å². The molecule has 3 atom stereocenters. The SMILES string of the molecule is CCC(=O)N1CCCCN2[C@H](CO)[C@H](c3ccc(C#Cc4cccnc4)cc3)[C@@H]2C1. The predicted octanol–water partition coefficient (Wildman–Crippen LogP) is 2.64. The van der Waals surface area contributed by atoms with Gasteiger partial charge >= 0.3 is 0 Å². The Balaban J connectivity index is 1.53. The quantitative estimate of drug-likeness (QED) is 0.801. The van der Waals surface area contributed by atoms with E-state index in [1.165, 1.54) is 5.56 Å². The van der Waals surface area contributed by atoms with Gasteiger partial charge in [0.2, 0.25) is 5.91 Å². The molecule has 2 saturated heterocycles. The third kappa shape index (κ3) is 4.26. The normalized spacial score (nSPS) is 23.9. The van der Waals surface area contributed by atoms with Gasteiger partial charge in [0, 0.05) is 61.0 Å². The molecular weight excluding hydrogens is 374 g/mol. The minimum Gasteiger partial charge on any atom is -0.395 e. The summed E-state index contributed by atoms with van der Waals surface area (Å²) in [6, 6.07) is 12.6. The van der Waals surface area contributed by atoms with Gasteiger partial charge in [-0.3, -0.25) is 14.7 Å². The number of fused-ring (bicyclic) bond motifs is 1. The van der Waals surface area contributed by atoms with Crippen LogP contribution >= 0.6 is 0 Å². The van der Waals surface area contributed by atoms with Crippen molar-refractivity contribution in [1.29, 1.82) is 0 Å². The number of carbonyl (C=O) groups excluding carboxylic acids is 1. The van der Waals surface area contributed by atoms with Crippen molar-refractivity contribution < 1.29 is 9.90 Å². The van der Waals surface area contributed by atoms with E-state index in [1.807, 2.05) is 36.1 Å². The predicted molar refractivity (Wildman–Crippen MR) is 117 cm³/mol. The number of aliphatic hydroxyl groups is 1. The van der Waals surface area contributed by atoms with Gasteiger partial charge in [-0.15, -0.1) is 0 Å². The molecule has 1 aromatic heterocycles. The molecule has 1 N–H and O–H groups in total. The fourth-order valence-electron chi connectivity index (χ4n) is 4.76. The van der Waals surface area contributed by atoms with Crippen molar-refractivity contribution >= 4 is 5.91 Å². The van der Waals surface area contributed by atoms with Crippen LogP contribution in [0.2, 0.25) is 0 Å². The maximum atomic E-state index is 12.4. The number of nitrogens with zero attached hydrogens (tertiary/aromatic N) is 3. The van der Waals surface area contributed by atoms with E-state index in [0.29, 0.717) is 6.42 Å². The van der Waals surface area contributed by atoms with E-state index >= 15 is 0 Å². The smallest absolute Gasteiger partial charge is 0.222 e. The highest BCUT2D eigenvalue weighted by Gasteiger charge is 2.49. The average Bonchev–Trinajstić information content (AvgIpc) is 2.77. The Bertz CT molecular complexity index is 917. The first-order chi connectivity index (χ1) is 14.7. The molecule has 4 rings (SSSR count). The number of aromatic nitrogens is 1. The highest BCUT2D eigenvalue weighted by molar-refractivity contribution is 5.75. The number of benzene rings is 1. The van der Waals surface area contributed by atoms with Crippen LogP contribution in [0.3, 0.4) is 0 Å². The second-order valence-electron chi connectivity index (χ2n) is 8.10. The lowest BCUT2D eigenvalue weighted by molar-refractivity contribution is -0.136. The van der Waals surface area contributed by atoms with Crippen LogP contribution in [0, 0.1) is 11.8 Å². The van der Waals surface area contributed by atoms with Crippen LogP contribution in [-0.2, 0) is 4.79 Å². The fraction of sp³-hybridized carbons (Fsp3) is 0.440. The zero-order valence-electron chi connectivity index (χ0n) is 17.5. The Labute approximate surface area is 178 Å². The summed E-state index contributed by atoms with van der Waals surface area (Å²) in [5, 5.41) is 10.1. The summed E-state index contributed by atoms with van der Waals surface area (Å²) < 4.78 is 0. The van der Waals surface area contributed by atoms with Crippen LogP contribution in [0.25, 0.3) is 0 Å². The summed E-state index contributed by atoms with van der Waals surface area (Å²) in [5.41, 5.74) is 3.07. The van der Waals surface area contributed by atoms with Gasteiger partial charge in [0.05, 0.1) is 6.61 Å². The third-order valence-corrected chi connectivity index (χ3v) is 6.33. The maximum absolute atomic E-state index is 12.4. The lowest BCUT2D eigenvalue weighted by Gasteiger charge is -2.57. The molecule has 2 aliphatic heterocycles. The van der Waals surface area contributed by atoms with Crippen LogP contribution in [0.15, 0.2) is 48.8 Å². The van der Waals surface area contributed by atoms with Gasteiger partial charge in [-0.05, 0) is 49.2 Å². The number of hydrogen-bond acceptors (Lipinski definition) is 4. The van der Waals surface area contributed by atoms with Gasteiger partial charge in [-0.25, -0.2) is 0 Å². The maximum Gasteiger partial charge on any atom is 0.222 e. The molecule has 2 aromatic rings. The second-order valence-corrected chi connectivity index (χ2v) is 8.10. The van der Waals surface area contributed by atoms with E-state index in [-0.39, 0.29) is 30.5 Å². The summed E-state index contributed by atoms with van der Waals surface area (Å²) in [7, 11) is 0. The molecule has 0 spiro atoms. The Morgan fingerprint density at radius 1 is 1.13 bits per heavy atom. The van der Waals surface area contributed by atoms with Crippen LogP contribution < -0.4 is 0 Å². The molecule has 2 aliphatic rings. The van der Waals surface area contributed by atoms with E-state index in [4.69, 9.17) is 0 Å². The molecule has 2 fully saturated rings. The molecular formula is C25H29N3O2. The third-order valence-electron chi connectivity index (χ3n) is 6.33. The van der Waals surface area contributed by atoms with Crippen molar-refractivity contribution in [3.8, 4) is 11.8 Å². The fourth-order valence-corrected chi connectivity index (χ4v) is 4.76. The number of amides is 1. The summed E-state index contributed by atoms with van der Waals surface area (Å²) in [5.74, 6) is 6.79. The minimum absolute atomic E-state index is 0.124. The molecule has 0 radical (unpaired) electrons. The van der Waals surface area contributed by atoms with Gasteiger partial charge < -0.3 is 10.0 Å². The molecule has 0 saturated carbocycles.